The maximum absolute atomic E-state index is 2.46. The first-order valence-electron chi connectivity index (χ1n) is 5.72. The highest BCUT2D eigenvalue weighted by atomic mass is 15.2. The van der Waals surface area contributed by atoms with E-state index in [0.717, 1.165) is 19.6 Å². The fourth-order valence-corrected chi connectivity index (χ4v) is 1.23. The van der Waals surface area contributed by atoms with Gasteiger partial charge in [-0.15, -0.1) is 0 Å². The Morgan fingerprint density at radius 1 is 1.00 bits per heavy atom. The monoisotopic (exact) mass is 198 g/mol. The number of likely N-dealkylation sites (N-methyl/N-ethyl adjacent to an activating group) is 2. The Kier molecular flexibility index (Phi) is 9.00. The van der Waals surface area contributed by atoms with Gasteiger partial charge in [0.2, 0.25) is 0 Å². The average molecular weight is 198 g/mol. The standard InChI is InChI=1S/C12H26N2/c1-5-7-8-9-10-14(6-2)12-11-13(3)4/h8-9H,5-7,10-12H2,1-4H3/b9-8+. The van der Waals surface area contributed by atoms with Crippen molar-refractivity contribution in [3.63, 3.8) is 0 Å². The second kappa shape index (κ2) is 9.22. The molecule has 0 aromatic rings. The van der Waals surface area contributed by atoms with Gasteiger partial charge < -0.3 is 4.90 Å². The van der Waals surface area contributed by atoms with Crippen LogP contribution in [0.15, 0.2) is 12.2 Å². The molecule has 0 unspecified atom stereocenters. The van der Waals surface area contributed by atoms with Gasteiger partial charge in [-0.05, 0) is 27.1 Å². The molecule has 0 aliphatic heterocycles. The number of nitrogens with zero attached hydrogens (tertiary/aromatic N) is 2. The fraction of sp³-hybridized carbons (Fsp3) is 0.833. The van der Waals surface area contributed by atoms with Gasteiger partial charge in [0, 0.05) is 19.6 Å². The van der Waals surface area contributed by atoms with E-state index in [1.165, 1.54) is 19.4 Å². The van der Waals surface area contributed by atoms with Gasteiger partial charge >= 0.3 is 0 Å². The van der Waals surface area contributed by atoms with Crippen LogP contribution < -0.4 is 0 Å². The van der Waals surface area contributed by atoms with Crippen molar-refractivity contribution in [1.82, 2.24) is 9.80 Å². The summed E-state index contributed by atoms with van der Waals surface area (Å²) < 4.78 is 0. The molecule has 0 rings (SSSR count). The molecule has 14 heavy (non-hydrogen) atoms. The van der Waals surface area contributed by atoms with Crippen LogP contribution in [0.2, 0.25) is 0 Å². The smallest absolute Gasteiger partial charge is 0.0163 e. The van der Waals surface area contributed by atoms with Crippen LogP contribution in [-0.2, 0) is 0 Å². The first-order chi connectivity index (χ1) is 6.70. The molecule has 84 valence electrons. The lowest BCUT2D eigenvalue weighted by molar-refractivity contribution is 0.271. The first kappa shape index (κ1) is 13.7. The summed E-state index contributed by atoms with van der Waals surface area (Å²) in [7, 11) is 4.25. The van der Waals surface area contributed by atoms with E-state index in [0.29, 0.717) is 0 Å². The summed E-state index contributed by atoms with van der Waals surface area (Å²) in [6.45, 7) is 9.00. The van der Waals surface area contributed by atoms with E-state index < -0.39 is 0 Å². The normalized spacial score (nSPS) is 12.1. The molecule has 0 atom stereocenters. The highest BCUT2D eigenvalue weighted by molar-refractivity contribution is 4.84. The zero-order chi connectivity index (χ0) is 10.8. The van der Waals surface area contributed by atoms with Crippen LogP contribution in [0.3, 0.4) is 0 Å². The van der Waals surface area contributed by atoms with Gasteiger partial charge in [0.15, 0.2) is 0 Å². The summed E-state index contributed by atoms with van der Waals surface area (Å²) in [5.74, 6) is 0. The number of allylic oxidation sites excluding steroid dienone is 1. The Hall–Kier alpha value is -0.340. The van der Waals surface area contributed by atoms with E-state index in [1.807, 2.05) is 0 Å². The van der Waals surface area contributed by atoms with Crippen molar-refractivity contribution >= 4 is 0 Å². The SMILES string of the molecule is CCC/C=C/CN(CC)CCN(C)C. The van der Waals surface area contributed by atoms with E-state index in [9.17, 15) is 0 Å². The molecule has 2 heteroatoms. The fourth-order valence-electron chi connectivity index (χ4n) is 1.23. The molecule has 0 aromatic heterocycles. The van der Waals surface area contributed by atoms with E-state index in [4.69, 9.17) is 0 Å². The van der Waals surface area contributed by atoms with E-state index in [-0.39, 0.29) is 0 Å². The first-order valence-corrected chi connectivity index (χ1v) is 5.72. The minimum absolute atomic E-state index is 1.10. The Morgan fingerprint density at radius 2 is 1.71 bits per heavy atom. The van der Waals surface area contributed by atoms with Crippen molar-refractivity contribution in [3.8, 4) is 0 Å². The molecule has 0 aliphatic carbocycles. The lowest BCUT2D eigenvalue weighted by Crippen LogP contribution is -2.31. The maximum atomic E-state index is 2.46. The Balaban J connectivity index is 3.57. The van der Waals surface area contributed by atoms with Crippen LogP contribution in [0.25, 0.3) is 0 Å². The van der Waals surface area contributed by atoms with E-state index >= 15 is 0 Å². The van der Waals surface area contributed by atoms with Gasteiger partial charge in [-0.3, -0.25) is 4.90 Å². The Morgan fingerprint density at radius 3 is 2.21 bits per heavy atom. The molecular weight excluding hydrogens is 172 g/mol. The zero-order valence-electron chi connectivity index (χ0n) is 10.3. The summed E-state index contributed by atoms with van der Waals surface area (Å²) >= 11 is 0. The van der Waals surface area contributed by atoms with Crippen molar-refractivity contribution in [2.75, 3.05) is 40.3 Å². The summed E-state index contributed by atoms with van der Waals surface area (Å²) in [5.41, 5.74) is 0. The Bertz CT molecular complexity index is 141. The molecule has 0 aromatic carbocycles. The van der Waals surface area contributed by atoms with E-state index in [2.05, 4.69) is 49.9 Å². The van der Waals surface area contributed by atoms with Crippen molar-refractivity contribution < 1.29 is 0 Å². The third kappa shape index (κ3) is 8.27. The molecule has 0 bridgehead atoms. The third-order valence-electron chi connectivity index (χ3n) is 2.30. The van der Waals surface area contributed by atoms with Crippen LogP contribution in [0.5, 0.6) is 0 Å². The largest absolute Gasteiger partial charge is 0.308 e. The van der Waals surface area contributed by atoms with Crippen molar-refractivity contribution in [2.24, 2.45) is 0 Å². The van der Waals surface area contributed by atoms with Crippen LogP contribution in [0.1, 0.15) is 26.7 Å². The summed E-state index contributed by atoms with van der Waals surface area (Å²) in [5, 5.41) is 0. The molecule has 0 fully saturated rings. The summed E-state index contributed by atoms with van der Waals surface area (Å²) in [6, 6.07) is 0. The molecule has 0 amide bonds. The third-order valence-corrected chi connectivity index (χ3v) is 2.30. The van der Waals surface area contributed by atoms with Gasteiger partial charge in [0.25, 0.3) is 0 Å². The molecular formula is C12H26N2. The van der Waals surface area contributed by atoms with Gasteiger partial charge in [0.1, 0.15) is 0 Å². The lowest BCUT2D eigenvalue weighted by Gasteiger charge is -2.20. The minimum atomic E-state index is 1.10. The van der Waals surface area contributed by atoms with Gasteiger partial charge in [-0.2, -0.15) is 0 Å². The summed E-state index contributed by atoms with van der Waals surface area (Å²) in [6.07, 6.45) is 7.05. The molecule has 0 radical (unpaired) electrons. The quantitative estimate of drug-likeness (QED) is 0.552. The second-order valence-electron chi connectivity index (χ2n) is 3.96. The van der Waals surface area contributed by atoms with Crippen LogP contribution in [-0.4, -0.2) is 50.1 Å². The van der Waals surface area contributed by atoms with Crippen molar-refractivity contribution in [3.05, 3.63) is 12.2 Å². The maximum Gasteiger partial charge on any atom is 0.0163 e. The van der Waals surface area contributed by atoms with Crippen molar-refractivity contribution in [1.29, 1.82) is 0 Å². The average Bonchev–Trinajstić information content (AvgIpc) is 2.16. The number of hydrogen-bond acceptors (Lipinski definition) is 2. The minimum Gasteiger partial charge on any atom is -0.308 e. The van der Waals surface area contributed by atoms with Gasteiger partial charge in [-0.25, -0.2) is 0 Å². The highest BCUT2D eigenvalue weighted by Gasteiger charge is 1.99. The van der Waals surface area contributed by atoms with Gasteiger partial charge in [0.05, 0.1) is 0 Å². The molecule has 0 saturated carbocycles. The zero-order valence-corrected chi connectivity index (χ0v) is 10.3. The second-order valence-corrected chi connectivity index (χ2v) is 3.96. The molecule has 0 spiro atoms. The number of unbranched alkanes of at least 4 members (excludes halogenated alkanes) is 1. The topological polar surface area (TPSA) is 6.48 Å². The molecule has 0 saturated heterocycles. The molecule has 0 N–H and O–H groups in total. The lowest BCUT2D eigenvalue weighted by atomic mass is 10.3. The number of rotatable bonds is 8. The predicted octanol–water partition coefficient (Wildman–Crippen LogP) is 2.23. The van der Waals surface area contributed by atoms with Crippen LogP contribution >= 0.6 is 0 Å². The van der Waals surface area contributed by atoms with E-state index in [1.54, 1.807) is 0 Å². The van der Waals surface area contributed by atoms with Gasteiger partial charge in [-0.1, -0.05) is 32.4 Å². The summed E-state index contributed by atoms with van der Waals surface area (Å²) in [4.78, 5) is 4.70. The van der Waals surface area contributed by atoms with Crippen LogP contribution in [0, 0.1) is 0 Å². The molecule has 0 heterocycles. The van der Waals surface area contributed by atoms with Crippen LogP contribution in [0.4, 0.5) is 0 Å². The number of hydrogen-bond donors (Lipinski definition) is 0. The Labute approximate surface area is 89.6 Å². The van der Waals surface area contributed by atoms with Crippen molar-refractivity contribution in [2.45, 2.75) is 26.7 Å². The highest BCUT2D eigenvalue weighted by Crippen LogP contribution is 1.92. The molecule has 0 aliphatic rings. The predicted molar refractivity (Wildman–Crippen MR) is 64.7 cm³/mol. The molecule has 2 nitrogen and oxygen atoms in total.